The summed E-state index contributed by atoms with van der Waals surface area (Å²) < 4.78 is 6.10. The fraction of sp³-hybridized carbons (Fsp3) is 0.625. The Morgan fingerprint density at radius 3 is 2.59 bits per heavy atom. The number of nitrogens with zero attached hydrogens (tertiary/aromatic N) is 2. The van der Waals surface area contributed by atoms with Crippen molar-refractivity contribution < 1.29 is 9.53 Å². The van der Waals surface area contributed by atoms with Crippen LogP contribution in [0.4, 0.5) is 5.69 Å². The first-order valence-electron chi connectivity index (χ1n) is 11.2. The van der Waals surface area contributed by atoms with Gasteiger partial charge in [0.25, 0.3) is 0 Å². The molecule has 29 heavy (non-hydrogen) atoms. The van der Waals surface area contributed by atoms with Crippen molar-refractivity contribution >= 4 is 17.7 Å². The summed E-state index contributed by atoms with van der Waals surface area (Å²) >= 11 is 0. The molecule has 0 saturated carbocycles. The minimum Gasteiger partial charge on any atom is -0.493 e. The molecular weight excluding hydrogens is 364 g/mol. The van der Waals surface area contributed by atoms with Gasteiger partial charge >= 0.3 is 0 Å². The van der Waals surface area contributed by atoms with Gasteiger partial charge < -0.3 is 9.64 Å². The number of hydrogen-bond donors (Lipinski definition) is 0. The second-order valence-corrected chi connectivity index (χ2v) is 7.91. The molecule has 0 aromatic heterocycles. The normalized spacial score (nSPS) is 15.5. The number of amides is 1. The third kappa shape index (κ3) is 6.98. The molecule has 5 heteroatoms. The summed E-state index contributed by atoms with van der Waals surface area (Å²) in [6.07, 6.45) is 12.0. The van der Waals surface area contributed by atoms with Crippen LogP contribution in [0, 0.1) is 10.8 Å². The number of ether oxygens (including phenoxy) is 1. The lowest BCUT2D eigenvalue weighted by Crippen LogP contribution is -2.34. The molecule has 1 aromatic rings. The van der Waals surface area contributed by atoms with Crippen LogP contribution < -0.4 is 4.74 Å². The number of benzene rings is 1. The molecular formula is C24H36N2O3. The summed E-state index contributed by atoms with van der Waals surface area (Å²) in [6.45, 7) is 8.74. The minimum atomic E-state index is 0.00151. The van der Waals surface area contributed by atoms with Crippen molar-refractivity contribution in [3.8, 4) is 5.75 Å². The van der Waals surface area contributed by atoms with Crippen LogP contribution in [0.25, 0.3) is 6.08 Å². The van der Waals surface area contributed by atoms with E-state index >= 15 is 0 Å². The van der Waals surface area contributed by atoms with Crippen molar-refractivity contribution in [2.45, 2.75) is 72.1 Å². The Kier molecular flexibility index (Phi) is 9.89. The van der Waals surface area contributed by atoms with Crippen LogP contribution in [0.1, 0.15) is 76.8 Å². The molecule has 1 amide bonds. The van der Waals surface area contributed by atoms with Crippen molar-refractivity contribution in [1.82, 2.24) is 4.90 Å². The first-order chi connectivity index (χ1) is 14.1. The van der Waals surface area contributed by atoms with E-state index in [1.807, 2.05) is 11.0 Å². The highest BCUT2D eigenvalue weighted by Crippen LogP contribution is 2.32. The Morgan fingerprint density at radius 2 is 1.97 bits per heavy atom. The van der Waals surface area contributed by atoms with E-state index in [1.165, 1.54) is 19.3 Å². The zero-order valence-corrected chi connectivity index (χ0v) is 18.3. The number of likely N-dealkylation sites (tertiary alicyclic amines) is 1. The summed E-state index contributed by atoms with van der Waals surface area (Å²) in [7, 11) is 0. The fourth-order valence-corrected chi connectivity index (χ4v) is 3.74. The molecule has 1 heterocycles. The van der Waals surface area contributed by atoms with Crippen molar-refractivity contribution in [2.24, 2.45) is 11.1 Å². The first-order valence-corrected chi connectivity index (χ1v) is 11.2. The minimum absolute atomic E-state index is 0.00151. The fourth-order valence-electron chi connectivity index (χ4n) is 3.74. The van der Waals surface area contributed by atoms with Crippen LogP contribution in [0.3, 0.4) is 0 Å². The zero-order valence-electron chi connectivity index (χ0n) is 18.3. The van der Waals surface area contributed by atoms with Crippen molar-refractivity contribution in [2.75, 3.05) is 19.7 Å². The van der Waals surface area contributed by atoms with E-state index in [0.717, 1.165) is 56.5 Å². The average Bonchev–Trinajstić information content (AvgIpc) is 2.77. The highest BCUT2D eigenvalue weighted by molar-refractivity contribution is 5.92. The number of carbonyl (C=O) groups is 1. The van der Waals surface area contributed by atoms with E-state index in [0.29, 0.717) is 23.8 Å². The van der Waals surface area contributed by atoms with Crippen molar-refractivity contribution in [1.29, 1.82) is 0 Å². The molecule has 0 bridgehead atoms. The second kappa shape index (κ2) is 12.4. The van der Waals surface area contributed by atoms with Gasteiger partial charge in [-0.2, -0.15) is 0 Å². The molecule has 0 unspecified atom stereocenters. The summed E-state index contributed by atoms with van der Waals surface area (Å²) in [5, 5.41) is 3.19. The SMILES string of the molecule is CCCC[C@@H](CC)COc1cc(N=O)c(/C=C/C(=O)N2CCCCC2)cc1CC. The molecule has 5 nitrogen and oxygen atoms in total. The summed E-state index contributed by atoms with van der Waals surface area (Å²) in [6, 6.07) is 3.66. The quantitative estimate of drug-likeness (QED) is 0.325. The van der Waals surface area contributed by atoms with Crippen LogP contribution >= 0.6 is 0 Å². The third-order valence-electron chi connectivity index (χ3n) is 5.78. The third-order valence-corrected chi connectivity index (χ3v) is 5.78. The van der Waals surface area contributed by atoms with E-state index in [9.17, 15) is 9.70 Å². The molecule has 2 rings (SSSR count). The lowest BCUT2D eigenvalue weighted by atomic mass is 10.0. The standard InChI is InChI=1S/C24H36N2O3/c1-4-7-11-19(5-2)18-29-23-17-22(25-28)21(16-20(23)6-3)12-13-24(27)26-14-9-8-10-15-26/h12-13,16-17,19H,4-11,14-15,18H2,1-3H3/b13-12+/t19-/m1/s1. The van der Waals surface area contributed by atoms with Gasteiger partial charge in [-0.05, 0) is 60.9 Å². The molecule has 1 saturated heterocycles. The molecule has 0 radical (unpaired) electrons. The van der Waals surface area contributed by atoms with Gasteiger partial charge in [0.15, 0.2) is 0 Å². The highest BCUT2D eigenvalue weighted by atomic mass is 16.5. The largest absolute Gasteiger partial charge is 0.493 e. The number of aryl methyl sites for hydroxylation is 1. The Balaban J connectivity index is 2.12. The van der Waals surface area contributed by atoms with Crippen LogP contribution in [-0.2, 0) is 11.2 Å². The lowest BCUT2D eigenvalue weighted by molar-refractivity contribution is -0.126. The number of nitroso groups, excluding NO2 is 1. The van der Waals surface area contributed by atoms with Gasteiger partial charge in [-0.15, -0.1) is 4.91 Å². The summed E-state index contributed by atoms with van der Waals surface area (Å²) in [4.78, 5) is 25.7. The van der Waals surface area contributed by atoms with Gasteiger partial charge in [-0.1, -0.05) is 40.0 Å². The van der Waals surface area contributed by atoms with Crippen molar-refractivity contribution in [3.05, 3.63) is 34.2 Å². The van der Waals surface area contributed by atoms with Crippen LogP contribution in [0.2, 0.25) is 0 Å². The van der Waals surface area contributed by atoms with Crippen LogP contribution in [-0.4, -0.2) is 30.5 Å². The van der Waals surface area contributed by atoms with E-state index in [1.54, 1.807) is 18.2 Å². The smallest absolute Gasteiger partial charge is 0.246 e. The summed E-state index contributed by atoms with van der Waals surface area (Å²) in [5.74, 6) is 1.26. The second-order valence-electron chi connectivity index (χ2n) is 7.91. The topological polar surface area (TPSA) is 59.0 Å². The predicted octanol–water partition coefficient (Wildman–Crippen LogP) is 6.27. The number of carbonyl (C=O) groups excluding carboxylic acids is 1. The van der Waals surface area contributed by atoms with Gasteiger partial charge in [-0.25, -0.2) is 0 Å². The van der Waals surface area contributed by atoms with E-state index in [-0.39, 0.29) is 5.91 Å². The molecule has 0 aliphatic carbocycles. The van der Waals surface area contributed by atoms with Crippen LogP contribution in [0.5, 0.6) is 5.75 Å². The number of hydrogen-bond acceptors (Lipinski definition) is 4. The Hall–Kier alpha value is -2.17. The maximum absolute atomic E-state index is 12.4. The molecule has 1 aliphatic rings. The molecule has 1 aromatic carbocycles. The molecule has 0 spiro atoms. The number of unbranched alkanes of at least 4 members (excludes halogenated alkanes) is 1. The number of piperidine rings is 1. The van der Waals surface area contributed by atoms with Gasteiger partial charge in [-0.3, -0.25) is 4.79 Å². The van der Waals surface area contributed by atoms with Gasteiger partial charge in [0.05, 0.1) is 6.61 Å². The summed E-state index contributed by atoms with van der Waals surface area (Å²) in [5.41, 5.74) is 2.03. The zero-order chi connectivity index (χ0) is 21.1. The van der Waals surface area contributed by atoms with E-state index in [2.05, 4.69) is 25.9 Å². The monoisotopic (exact) mass is 400 g/mol. The lowest BCUT2D eigenvalue weighted by Gasteiger charge is -2.25. The van der Waals surface area contributed by atoms with E-state index in [4.69, 9.17) is 4.74 Å². The average molecular weight is 401 g/mol. The molecule has 1 atom stereocenters. The van der Waals surface area contributed by atoms with Gasteiger partial charge in [0.2, 0.25) is 5.91 Å². The van der Waals surface area contributed by atoms with Crippen LogP contribution in [0.15, 0.2) is 23.4 Å². The molecule has 0 N–H and O–H groups in total. The Labute approximate surface area is 175 Å². The maximum atomic E-state index is 12.4. The Bertz CT molecular complexity index is 694. The van der Waals surface area contributed by atoms with E-state index < -0.39 is 0 Å². The molecule has 1 aliphatic heterocycles. The first kappa shape index (κ1) is 23.1. The molecule has 160 valence electrons. The predicted molar refractivity (Wildman–Crippen MR) is 120 cm³/mol. The highest BCUT2D eigenvalue weighted by Gasteiger charge is 2.15. The van der Waals surface area contributed by atoms with Crippen molar-refractivity contribution in [3.63, 3.8) is 0 Å². The van der Waals surface area contributed by atoms with Gasteiger partial charge in [0, 0.05) is 30.8 Å². The number of rotatable bonds is 11. The maximum Gasteiger partial charge on any atom is 0.246 e. The molecule has 1 fully saturated rings. The Morgan fingerprint density at radius 1 is 1.21 bits per heavy atom. The van der Waals surface area contributed by atoms with Gasteiger partial charge in [0.1, 0.15) is 11.4 Å².